The molecule has 3 rings (SSSR count). The second-order valence-corrected chi connectivity index (χ2v) is 6.19. The fraction of sp³-hybridized carbons (Fsp3) is 0.500. The average Bonchev–Trinajstić information content (AvgIpc) is 2.61. The van der Waals surface area contributed by atoms with Crippen LogP contribution in [0.25, 0.3) is 0 Å². The quantitative estimate of drug-likeness (QED) is 0.320. The Bertz CT molecular complexity index is 717. The van der Waals surface area contributed by atoms with Crippen LogP contribution in [0.3, 0.4) is 0 Å². The first-order valence-electron chi connectivity index (χ1n) is 8.33. The molecule has 10 nitrogen and oxygen atoms in total. The van der Waals surface area contributed by atoms with Gasteiger partial charge in [-0.05, 0) is 6.07 Å². The van der Waals surface area contributed by atoms with E-state index in [1.807, 2.05) is 0 Å². The summed E-state index contributed by atoms with van der Waals surface area (Å²) in [5, 5.41) is 19.8. The van der Waals surface area contributed by atoms with E-state index in [-0.39, 0.29) is 37.0 Å². The van der Waals surface area contributed by atoms with E-state index in [1.54, 1.807) is 9.80 Å². The molecule has 0 bridgehead atoms. The van der Waals surface area contributed by atoms with Gasteiger partial charge in [0, 0.05) is 38.8 Å². The van der Waals surface area contributed by atoms with Gasteiger partial charge in [0.1, 0.15) is 6.54 Å². The van der Waals surface area contributed by atoms with E-state index in [0.29, 0.717) is 38.4 Å². The van der Waals surface area contributed by atoms with Crippen LogP contribution in [0.5, 0.6) is 5.75 Å². The van der Waals surface area contributed by atoms with Crippen molar-refractivity contribution in [2.24, 2.45) is 0 Å². The fourth-order valence-corrected chi connectivity index (χ4v) is 3.12. The SMILES string of the molecule is O=C1CN(CC(=O)N2CCN(CCO)CC2)c2ccc([N+](=O)[O-])cc2O1. The Morgan fingerprint density at radius 3 is 2.65 bits per heavy atom. The lowest BCUT2D eigenvalue weighted by molar-refractivity contribution is -0.384. The number of nitrogens with zero attached hydrogens (tertiary/aromatic N) is 4. The Morgan fingerprint density at radius 1 is 1.27 bits per heavy atom. The summed E-state index contributed by atoms with van der Waals surface area (Å²) in [5.74, 6) is -0.581. The molecule has 0 aliphatic carbocycles. The number of aliphatic hydroxyl groups excluding tert-OH is 1. The largest absolute Gasteiger partial charge is 0.423 e. The number of β-amino-alcohol motifs (C(OH)–C–C–N with tert-alkyl or cyclic N) is 1. The van der Waals surface area contributed by atoms with Gasteiger partial charge >= 0.3 is 5.97 Å². The lowest BCUT2D eigenvalue weighted by Crippen LogP contribution is -2.52. The maximum atomic E-state index is 12.6. The number of hydrogen-bond acceptors (Lipinski definition) is 8. The van der Waals surface area contributed by atoms with Crippen molar-refractivity contribution in [2.75, 3.05) is 57.3 Å². The van der Waals surface area contributed by atoms with Gasteiger partial charge in [0.2, 0.25) is 5.91 Å². The number of carbonyl (C=O) groups is 2. The number of hydrogen-bond donors (Lipinski definition) is 1. The van der Waals surface area contributed by atoms with Crippen LogP contribution in [0.1, 0.15) is 0 Å². The molecule has 140 valence electrons. The number of carbonyl (C=O) groups excluding carboxylic acids is 2. The molecule has 10 heteroatoms. The molecule has 2 heterocycles. The number of benzene rings is 1. The van der Waals surface area contributed by atoms with Gasteiger partial charge in [-0.15, -0.1) is 0 Å². The van der Waals surface area contributed by atoms with Gasteiger partial charge in [-0.25, -0.2) is 4.79 Å². The van der Waals surface area contributed by atoms with Crippen LogP contribution in [0.2, 0.25) is 0 Å². The van der Waals surface area contributed by atoms with Crippen LogP contribution in [0.15, 0.2) is 18.2 Å². The minimum atomic E-state index is -0.565. The Morgan fingerprint density at radius 2 is 2.00 bits per heavy atom. The number of aliphatic hydroxyl groups is 1. The highest BCUT2D eigenvalue weighted by Crippen LogP contribution is 2.35. The van der Waals surface area contributed by atoms with E-state index >= 15 is 0 Å². The first-order valence-corrected chi connectivity index (χ1v) is 8.33. The zero-order chi connectivity index (χ0) is 18.7. The summed E-state index contributed by atoms with van der Waals surface area (Å²) in [6.45, 7) is 3.10. The first kappa shape index (κ1) is 18.1. The summed E-state index contributed by atoms with van der Waals surface area (Å²) in [5.41, 5.74) is 0.312. The number of anilines is 1. The fourth-order valence-electron chi connectivity index (χ4n) is 3.12. The number of ether oxygens (including phenoxy) is 1. The van der Waals surface area contributed by atoms with Crippen molar-refractivity contribution in [3.8, 4) is 5.75 Å². The van der Waals surface area contributed by atoms with Crippen molar-refractivity contribution in [1.29, 1.82) is 0 Å². The maximum Gasteiger partial charge on any atom is 0.331 e. The van der Waals surface area contributed by atoms with Crippen LogP contribution < -0.4 is 9.64 Å². The van der Waals surface area contributed by atoms with E-state index in [4.69, 9.17) is 9.84 Å². The van der Waals surface area contributed by atoms with E-state index in [9.17, 15) is 19.7 Å². The molecule has 1 saturated heterocycles. The van der Waals surface area contributed by atoms with Crippen molar-refractivity contribution in [3.63, 3.8) is 0 Å². The number of fused-ring (bicyclic) bond motifs is 1. The Kier molecular flexibility index (Phi) is 5.33. The monoisotopic (exact) mass is 364 g/mol. The molecule has 2 aliphatic rings. The number of non-ortho nitro benzene ring substituents is 1. The van der Waals surface area contributed by atoms with Crippen LogP contribution in [-0.2, 0) is 9.59 Å². The summed E-state index contributed by atoms with van der Waals surface area (Å²) in [7, 11) is 0. The number of amides is 1. The van der Waals surface area contributed by atoms with Gasteiger partial charge in [-0.3, -0.25) is 19.8 Å². The third-order valence-corrected chi connectivity index (χ3v) is 4.51. The predicted molar refractivity (Wildman–Crippen MR) is 91.1 cm³/mol. The van der Waals surface area contributed by atoms with E-state index in [0.717, 1.165) is 0 Å². The summed E-state index contributed by atoms with van der Waals surface area (Å²) >= 11 is 0. The molecule has 0 unspecified atom stereocenters. The van der Waals surface area contributed by atoms with Gasteiger partial charge in [0.05, 0.1) is 29.8 Å². The highest BCUT2D eigenvalue weighted by Gasteiger charge is 2.29. The normalized spacial score (nSPS) is 17.7. The van der Waals surface area contributed by atoms with Crippen molar-refractivity contribution in [1.82, 2.24) is 9.80 Å². The summed E-state index contributed by atoms with van der Waals surface area (Å²) in [6, 6.07) is 4.01. The molecule has 0 radical (unpaired) electrons. The molecule has 1 fully saturated rings. The van der Waals surface area contributed by atoms with Gasteiger partial charge in [0.15, 0.2) is 5.75 Å². The number of esters is 1. The maximum absolute atomic E-state index is 12.6. The molecule has 26 heavy (non-hydrogen) atoms. The van der Waals surface area contributed by atoms with Crippen molar-refractivity contribution in [3.05, 3.63) is 28.3 Å². The lowest BCUT2D eigenvalue weighted by Gasteiger charge is -2.36. The Balaban J connectivity index is 1.68. The molecular weight excluding hydrogens is 344 g/mol. The highest BCUT2D eigenvalue weighted by molar-refractivity contribution is 5.89. The van der Waals surface area contributed by atoms with Crippen LogP contribution in [-0.4, -0.2) is 84.1 Å². The summed E-state index contributed by atoms with van der Waals surface area (Å²) in [4.78, 5) is 40.1. The molecule has 2 aliphatic heterocycles. The van der Waals surface area contributed by atoms with Crippen molar-refractivity contribution < 1.29 is 24.4 Å². The van der Waals surface area contributed by atoms with Gasteiger partial charge in [-0.1, -0.05) is 0 Å². The number of nitro benzene ring substituents is 1. The third kappa shape index (κ3) is 3.92. The zero-order valence-corrected chi connectivity index (χ0v) is 14.2. The molecule has 0 atom stereocenters. The Labute approximate surface area is 149 Å². The van der Waals surface area contributed by atoms with Crippen molar-refractivity contribution >= 4 is 23.3 Å². The smallest absolute Gasteiger partial charge is 0.331 e. The van der Waals surface area contributed by atoms with E-state index in [2.05, 4.69) is 4.90 Å². The number of rotatable bonds is 5. The first-order chi connectivity index (χ1) is 12.5. The number of piperazine rings is 1. The standard InChI is InChI=1S/C16H20N4O6/c21-8-7-17-3-5-18(6-4-17)15(22)10-19-11-16(23)26-14-9-12(20(24)25)1-2-13(14)19/h1-2,9,21H,3-8,10-11H2. The second-order valence-electron chi connectivity index (χ2n) is 6.19. The third-order valence-electron chi connectivity index (χ3n) is 4.51. The van der Waals surface area contributed by atoms with Crippen LogP contribution >= 0.6 is 0 Å². The number of nitro groups is 1. The van der Waals surface area contributed by atoms with Crippen LogP contribution in [0.4, 0.5) is 11.4 Å². The molecule has 1 N–H and O–H groups in total. The molecule has 0 saturated carbocycles. The molecule has 1 aromatic carbocycles. The van der Waals surface area contributed by atoms with E-state index < -0.39 is 10.9 Å². The van der Waals surface area contributed by atoms with E-state index in [1.165, 1.54) is 18.2 Å². The highest BCUT2D eigenvalue weighted by atomic mass is 16.6. The summed E-state index contributed by atoms with van der Waals surface area (Å²) < 4.78 is 5.08. The lowest BCUT2D eigenvalue weighted by atomic mass is 10.2. The van der Waals surface area contributed by atoms with Crippen molar-refractivity contribution in [2.45, 2.75) is 0 Å². The minimum absolute atomic E-state index is 0.0000883. The topological polar surface area (TPSA) is 116 Å². The molecular formula is C16H20N4O6. The second kappa shape index (κ2) is 7.67. The Hall–Kier alpha value is -2.72. The molecule has 1 aromatic rings. The minimum Gasteiger partial charge on any atom is -0.423 e. The molecule has 1 amide bonds. The predicted octanol–water partition coefficient (Wildman–Crippen LogP) is -0.543. The molecule has 0 spiro atoms. The van der Waals surface area contributed by atoms with Gasteiger partial charge < -0.3 is 19.6 Å². The van der Waals surface area contributed by atoms with Crippen LogP contribution in [0, 0.1) is 10.1 Å². The average molecular weight is 364 g/mol. The van der Waals surface area contributed by atoms with Gasteiger partial charge in [-0.2, -0.15) is 0 Å². The molecule has 0 aromatic heterocycles. The summed E-state index contributed by atoms with van der Waals surface area (Å²) in [6.07, 6.45) is 0. The zero-order valence-electron chi connectivity index (χ0n) is 14.2. The van der Waals surface area contributed by atoms with Gasteiger partial charge in [0.25, 0.3) is 5.69 Å².